The van der Waals surface area contributed by atoms with E-state index in [4.69, 9.17) is 10.5 Å². The monoisotopic (exact) mass is 407 g/mol. The summed E-state index contributed by atoms with van der Waals surface area (Å²) in [5, 5.41) is 3.04. The van der Waals surface area contributed by atoms with Gasteiger partial charge in [0.2, 0.25) is 5.91 Å². The van der Waals surface area contributed by atoms with E-state index in [9.17, 15) is 9.59 Å². The number of fused-ring (bicyclic) bond motifs is 2. The third kappa shape index (κ3) is 4.50. The van der Waals surface area contributed by atoms with Crippen molar-refractivity contribution in [1.29, 1.82) is 0 Å². The van der Waals surface area contributed by atoms with Gasteiger partial charge in [-0.3, -0.25) is 9.59 Å². The maximum absolute atomic E-state index is 12.7. The van der Waals surface area contributed by atoms with Crippen LogP contribution in [0.15, 0.2) is 24.3 Å². The van der Waals surface area contributed by atoms with Crippen molar-refractivity contribution in [3.63, 3.8) is 0 Å². The molecule has 3 N–H and O–H groups in total. The van der Waals surface area contributed by atoms with Gasteiger partial charge in [-0.1, -0.05) is 6.42 Å². The number of nitrogens with two attached hydrogens (primary N) is 1. The summed E-state index contributed by atoms with van der Waals surface area (Å²) >= 11 is 0. The third-order valence-electron chi connectivity index (χ3n) is 6.48. The Hall–Kier alpha value is -1.63. The van der Waals surface area contributed by atoms with Crippen LogP contribution in [0.3, 0.4) is 0 Å². The average molecular weight is 408 g/mol. The van der Waals surface area contributed by atoms with E-state index in [-0.39, 0.29) is 36.2 Å². The molecule has 6 nitrogen and oxygen atoms in total. The highest BCUT2D eigenvalue weighted by molar-refractivity contribution is 5.96. The molecular formula is C21H30ClN3O3. The van der Waals surface area contributed by atoms with E-state index in [2.05, 4.69) is 5.32 Å². The number of ether oxygens (including phenoxy) is 1. The zero-order valence-electron chi connectivity index (χ0n) is 16.1. The molecule has 2 unspecified atom stereocenters. The van der Waals surface area contributed by atoms with Gasteiger partial charge in [-0.25, -0.2) is 0 Å². The highest BCUT2D eigenvalue weighted by Gasteiger charge is 2.40. The topological polar surface area (TPSA) is 84.7 Å². The molecule has 1 aromatic rings. The van der Waals surface area contributed by atoms with Crippen LogP contribution < -0.4 is 11.1 Å². The first-order valence-electron chi connectivity index (χ1n) is 10.2. The molecule has 154 valence electrons. The van der Waals surface area contributed by atoms with E-state index in [1.165, 1.54) is 6.42 Å². The molecule has 2 aliphatic carbocycles. The van der Waals surface area contributed by atoms with E-state index in [0.29, 0.717) is 43.7 Å². The number of hydrogen-bond acceptors (Lipinski definition) is 4. The molecule has 3 aliphatic rings. The van der Waals surface area contributed by atoms with Crippen LogP contribution in [0.1, 0.15) is 42.5 Å². The van der Waals surface area contributed by atoms with E-state index < -0.39 is 0 Å². The first kappa shape index (κ1) is 21.1. The van der Waals surface area contributed by atoms with Gasteiger partial charge >= 0.3 is 0 Å². The van der Waals surface area contributed by atoms with Gasteiger partial charge in [-0.2, -0.15) is 0 Å². The van der Waals surface area contributed by atoms with Crippen LogP contribution in [0.2, 0.25) is 0 Å². The van der Waals surface area contributed by atoms with Gasteiger partial charge in [0.1, 0.15) is 0 Å². The van der Waals surface area contributed by atoms with E-state index >= 15 is 0 Å². The van der Waals surface area contributed by atoms with Gasteiger partial charge < -0.3 is 20.7 Å². The predicted octanol–water partition coefficient (Wildman–Crippen LogP) is 2.67. The van der Waals surface area contributed by atoms with Gasteiger partial charge in [0, 0.05) is 36.3 Å². The number of nitrogens with one attached hydrogen (secondary N) is 1. The number of rotatable bonds is 3. The number of hydrogen-bond donors (Lipinski definition) is 2. The van der Waals surface area contributed by atoms with Crippen LogP contribution in [-0.2, 0) is 9.53 Å². The minimum absolute atomic E-state index is 0. The highest BCUT2D eigenvalue weighted by Crippen LogP contribution is 2.42. The molecule has 1 saturated heterocycles. The first-order valence-corrected chi connectivity index (χ1v) is 10.2. The molecule has 0 spiro atoms. The molecule has 28 heavy (non-hydrogen) atoms. The normalized spacial score (nSPS) is 29.5. The number of benzene rings is 1. The second-order valence-electron chi connectivity index (χ2n) is 8.17. The number of carbonyl (C=O) groups excluding carboxylic acids is 2. The number of anilines is 1. The number of carbonyl (C=O) groups is 2. The molecule has 2 atom stereocenters. The lowest BCUT2D eigenvalue weighted by Crippen LogP contribution is -2.48. The lowest BCUT2D eigenvalue weighted by atomic mass is 9.65. The maximum Gasteiger partial charge on any atom is 0.254 e. The lowest BCUT2D eigenvalue weighted by Gasteiger charge is -2.43. The Morgan fingerprint density at radius 3 is 2.25 bits per heavy atom. The molecule has 1 heterocycles. The summed E-state index contributed by atoms with van der Waals surface area (Å²) in [4.78, 5) is 27.0. The van der Waals surface area contributed by atoms with Gasteiger partial charge in [0.25, 0.3) is 5.91 Å². The molecule has 2 amide bonds. The Morgan fingerprint density at radius 2 is 1.64 bits per heavy atom. The number of morpholine rings is 1. The minimum atomic E-state index is 0. The zero-order valence-corrected chi connectivity index (χ0v) is 17.0. The SMILES string of the molecule is Cl.NC1C2CCCC1CC(C(=O)Nc1ccc(C(=O)N3CCOCC3)cc1)C2. The summed E-state index contributed by atoms with van der Waals surface area (Å²) in [6, 6.07) is 7.49. The van der Waals surface area contributed by atoms with Crippen molar-refractivity contribution < 1.29 is 14.3 Å². The van der Waals surface area contributed by atoms with E-state index in [0.717, 1.165) is 31.4 Å². The molecule has 0 radical (unpaired) electrons. The molecule has 2 bridgehead atoms. The largest absolute Gasteiger partial charge is 0.378 e. The summed E-state index contributed by atoms with van der Waals surface area (Å²) in [6.45, 7) is 2.44. The van der Waals surface area contributed by atoms with E-state index in [1.54, 1.807) is 17.0 Å². The van der Waals surface area contributed by atoms with Crippen molar-refractivity contribution in [2.45, 2.75) is 38.1 Å². The summed E-state index contributed by atoms with van der Waals surface area (Å²) in [5.74, 6) is 1.13. The second kappa shape index (κ2) is 9.25. The van der Waals surface area contributed by atoms with Gasteiger partial charge in [0.15, 0.2) is 0 Å². The minimum Gasteiger partial charge on any atom is -0.378 e. The third-order valence-corrected chi connectivity index (χ3v) is 6.48. The highest BCUT2D eigenvalue weighted by atomic mass is 35.5. The van der Waals surface area contributed by atoms with Gasteiger partial charge in [-0.15, -0.1) is 12.4 Å². The van der Waals surface area contributed by atoms with Crippen LogP contribution >= 0.6 is 12.4 Å². The van der Waals surface area contributed by atoms with Gasteiger partial charge in [-0.05, 0) is 61.8 Å². The van der Waals surface area contributed by atoms with Crippen molar-refractivity contribution in [1.82, 2.24) is 4.90 Å². The number of amides is 2. The van der Waals surface area contributed by atoms with Crippen molar-refractivity contribution in [2.75, 3.05) is 31.6 Å². The Bertz CT molecular complexity index is 677. The Balaban J connectivity index is 0.00000225. The molecule has 0 aromatic heterocycles. The maximum atomic E-state index is 12.7. The summed E-state index contributed by atoms with van der Waals surface area (Å²) < 4.78 is 5.29. The van der Waals surface area contributed by atoms with Crippen LogP contribution in [0, 0.1) is 17.8 Å². The zero-order chi connectivity index (χ0) is 18.8. The van der Waals surface area contributed by atoms with Crippen molar-refractivity contribution >= 4 is 29.9 Å². The smallest absolute Gasteiger partial charge is 0.254 e. The number of nitrogens with zero attached hydrogens (tertiary/aromatic N) is 1. The van der Waals surface area contributed by atoms with Crippen molar-refractivity contribution in [3.8, 4) is 0 Å². The van der Waals surface area contributed by atoms with Crippen LogP contribution in [0.5, 0.6) is 0 Å². The molecule has 1 aromatic carbocycles. The molecule has 4 rings (SSSR count). The van der Waals surface area contributed by atoms with Gasteiger partial charge in [0.05, 0.1) is 13.2 Å². The average Bonchev–Trinajstić information content (AvgIpc) is 2.68. The quantitative estimate of drug-likeness (QED) is 0.806. The molecule has 2 saturated carbocycles. The summed E-state index contributed by atoms with van der Waals surface area (Å²) in [7, 11) is 0. The Kier molecular flexibility index (Phi) is 6.96. The fourth-order valence-corrected chi connectivity index (χ4v) is 4.89. The van der Waals surface area contributed by atoms with Crippen LogP contribution in [-0.4, -0.2) is 49.1 Å². The first-order chi connectivity index (χ1) is 13.1. The Labute approximate surface area is 172 Å². The molecule has 1 aliphatic heterocycles. The van der Waals surface area contributed by atoms with Crippen LogP contribution in [0.25, 0.3) is 0 Å². The van der Waals surface area contributed by atoms with E-state index in [1.807, 2.05) is 12.1 Å². The fraction of sp³-hybridized carbons (Fsp3) is 0.619. The molecular weight excluding hydrogens is 378 g/mol. The summed E-state index contributed by atoms with van der Waals surface area (Å²) in [6.07, 6.45) is 5.35. The molecule has 3 fully saturated rings. The number of halogens is 1. The standard InChI is InChI=1S/C21H29N3O3.ClH/c22-19-15-2-1-3-16(19)13-17(12-15)20(25)23-18-6-4-14(5-7-18)21(26)24-8-10-27-11-9-24;/h4-7,15-17,19H,1-3,8-13,22H2,(H,23,25);1H. The summed E-state index contributed by atoms with van der Waals surface area (Å²) in [5.41, 5.74) is 7.73. The Morgan fingerprint density at radius 1 is 1.04 bits per heavy atom. The molecule has 7 heteroatoms. The second-order valence-corrected chi connectivity index (χ2v) is 8.17. The van der Waals surface area contributed by atoms with Crippen molar-refractivity contribution in [3.05, 3.63) is 29.8 Å². The van der Waals surface area contributed by atoms with Crippen molar-refractivity contribution in [2.24, 2.45) is 23.5 Å². The predicted molar refractivity (Wildman–Crippen MR) is 111 cm³/mol. The fourth-order valence-electron chi connectivity index (χ4n) is 4.89. The lowest BCUT2D eigenvalue weighted by molar-refractivity contribution is -0.122. The van der Waals surface area contributed by atoms with Crippen LogP contribution in [0.4, 0.5) is 5.69 Å².